The summed E-state index contributed by atoms with van der Waals surface area (Å²) in [4.78, 5) is 20.1. The van der Waals surface area contributed by atoms with Gasteiger partial charge in [0.25, 0.3) is 0 Å². The first-order valence-electron chi connectivity index (χ1n) is 18.7. The summed E-state index contributed by atoms with van der Waals surface area (Å²) < 4.78 is 4.74. The third-order valence-corrected chi connectivity index (χ3v) is 11.2. The van der Waals surface area contributed by atoms with Crippen molar-refractivity contribution >= 4 is 32.7 Å². The predicted molar refractivity (Wildman–Crippen MR) is 223 cm³/mol. The number of benzene rings is 6. The fourth-order valence-corrected chi connectivity index (χ4v) is 8.78. The highest BCUT2D eigenvalue weighted by Crippen LogP contribution is 2.55. The second kappa shape index (κ2) is 11.9. The van der Waals surface area contributed by atoms with Crippen LogP contribution in [0.2, 0.25) is 0 Å². The average molecular weight is 707 g/mol. The highest BCUT2D eigenvalue weighted by Gasteiger charge is 2.41. The molecular formula is C49H34N6. The molecule has 4 aromatic heterocycles. The van der Waals surface area contributed by atoms with E-state index in [0.717, 1.165) is 55.3 Å². The van der Waals surface area contributed by atoms with Crippen LogP contribution >= 0.6 is 0 Å². The van der Waals surface area contributed by atoms with Crippen LogP contribution in [0.25, 0.3) is 89.5 Å². The Labute approximate surface area is 318 Å². The van der Waals surface area contributed by atoms with Gasteiger partial charge in [0.2, 0.25) is 5.95 Å². The Kier molecular flexibility index (Phi) is 6.79. The number of para-hydroxylation sites is 1. The van der Waals surface area contributed by atoms with E-state index in [0.29, 0.717) is 17.6 Å². The molecule has 55 heavy (non-hydrogen) atoms. The van der Waals surface area contributed by atoms with E-state index in [2.05, 4.69) is 143 Å². The van der Waals surface area contributed by atoms with Gasteiger partial charge in [-0.2, -0.15) is 9.97 Å². The molecule has 6 nitrogen and oxygen atoms in total. The maximum absolute atomic E-state index is 5.32. The molecule has 260 valence electrons. The summed E-state index contributed by atoms with van der Waals surface area (Å²) in [6.45, 7) is 4.73. The van der Waals surface area contributed by atoms with Crippen molar-refractivity contribution in [1.82, 2.24) is 29.1 Å². The number of fused-ring (bicyclic) bond motifs is 9. The van der Waals surface area contributed by atoms with E-state index in [1.54, 1.807) is 0 Å². The molecule has 0 N–H and O–H groups in total. The van der Waals surface area contributed by atoms with Gasteiger partial charge in [0.05, 0.1) is 22.2 Å². The van der Waals surface area contributed by atoms with Crippen molar-refractivity contribution in [3.63, 3.8) is 0 Å². The monoisotopic (exact) mass is 706 g/mol. The van der Waals surface area contributed by atoms with Crippen molar-refractivity contribution in [3.8, 4) is 56.8 Å². The van der Waals surface area contributed by atoms with Crippen LogP contribution in [0.1, 0.15) is 25.0 Å². The minimum Gasteiger partial charge on any atom is -0.309 e. The fraction of sp³-hybridized carbons (Fsp3) is 0.0612. The van der Waals surface area contributed by atoms with Crippen LogP contribution in [-0.2, 0) is 5.41 Å². The van der Waals surface area contributed by atoms with Crippen LogP contribution in [0.15, 0.2) is 170 Å². The van der Waals surface area contributed by atoms with Gasteiger partial charge in [-0.05, 0) is 53.1 Å². The van der Waals surface area contributed by atoms with Gasteiger partial charge in [0, 0.05) is 61.9 Å². The van der Waals surface area contributed by atoms with E-state index in [4.69, 9.17) is 15.0 Å². The minimum atomic E-state index is -0.288. The van der Waals surface area contributed by atoms with E-state index in [1.165, 1.54) is 27.8 Å². The van der Waals surface area contributed by atoms with Crippen LogP contribution in [-0.4, -0.2) is 29.1 Å². The molecule has 0 unspecified atom stereocenters. The predicted octanol–water partition coefficient (Wildman–Crippen LogP) is 11.6. The molecule has 10 aromatic rings. The molecule has 1 aliphatic rings. The SMILES string of the molecule is CC1(C)c2ccccc2-c2c1c1c(ccc3c4cc(-c5cccnc5)ccc4n(-c4nc(-c5ccccc5)nc(-c5ccccc5)n4)c31)n2-c1ccccc1. The second-order valence-corrected chi connectivity index (χ2v) is 14.7. The summed E-state index contributed by atoms with van der Waals surface area (Å²) in [5.74, 6) is 1.82. The van der Waals surface area contributed by atoms with Gasteiger partial charge in [0.1, 0.15) is 0 Å². The van der Waals surface area contributed by atoms with Gasteiger partial charge in [0.15, 0.2) is 11.6 Å². The van der Waals surface area contributed by atoms with Gasteiger partial charge in [-0.1, -0.05) is 135 Å². The average Bonchev–Trinajstić information content (AvgIpc) is 3.86. The van der Waals surface area contributed by atoms with Crippen LogP contribution in [0, 0.1) is 0 Å². The Morgan fingerprint density at radius 3 is 1.84 bits per heavy atom. The van der Waals surface area contributed by atoms with Crippen LogP contribution in [0.3, 0.4) is 0 Å². The fourth-order valence-electron chi connectivity index (χ4n) is 8.78. The number of hydrogen-bond acceptors (Lipinski definition) is 4. The molecule has 0 radical (unpaired) electrons. The van der Waals surface area contributed by atoms with Crippen LogP contribution in [0.5, 0.6) is 0 Å². The van der Waals surface area contributed by atoms with E-state index < -0.39 is 0 Å². The number of pyridine rings is 1. The van der Waals surface area contributed by atoms with Crippen LogP contribution in [0.4, 0.5) is 0 Å². The Morgan fingerprint density at radius 1 is 0.509 bits per heavy atom. The lowest BCUT2D eigenvalue weighted by atomic mass is 9.81. The quantitative estimate of drug-likeness (QED) is 0.179. The third kappa shape index (κ3) is 4.68. The lowest BCUT2D eigenvalue weighted by Crippen LogP contribution is -2.15. The Balaban J connectivity index is 1.33. The lowest BCUT2D eigenvalue weighted by Gasteiger charge is -2.22. The summed E-state index contributed by atoms with van der Waals surface area (Å²) >= 11 is 0. The van der Waals surface area contributed by atoms with Gasteiger partial charge in [-0.25, -0.2) is 4.98 Å². The molecule has 0 fully saturated rings. The van der Waals surface area contributed by atoms with Crippen molar-refractivity contribution in [2.45, 2.75) is 19.3 Å². The number of rotatable bonds is 5. The molecule has 4 heterocycles. The third-order valence-electron chi connectivity index (χ3n) is 11.2. The Morgan fingerprint density at radius 2 is 1.15 bits per heavy atom. The second-order valence-electron chi connectivity index (χ2n) is 14.7. The number of aromatic nitrogens is 6. The first kappa shape index (κ1) is 31.4. The normalized spacial score (nSPS) is 13.1. The van der Waals surface area contributed by atoms with Crippen LogP contribution < -0.4 is 0 Å². The largest absolute Gasteiger partial charge is 0.309 e. The lowest BCUT2D eigenvalue weighted by molar-refractivity contribution is 0.666. The molecule has 0 saturated carbocycles. The topological polar surface area (TPSA) is 61.4 Å². The minimum absolute atomic E-state index is 0.288. The van der Waals surface area contributed by atoms with E-state index in [1.807, 2.05) is 54.9 Å². The molecule has 11 rings (SSSR count). The zero-order valence-corrected chi connectivity index (χ0v) is 30.3. The first-order valence-corrected chi connectivity index (χ1v) is 18.7. The van der Waals surface area contributed by atoms with Crippen molar-refractivity contribution < 1.29 is 0 Å². The van der Waals surface area contributed by atoms with Crippen molar-refractivity contribution in [3.05, 3.63) is 181 Å². The standard InChI is InChI=1S/C49H34N6/c1-49(2)39-23-13-12-22-37(39)45-43(49)42-41(54(45)35-20-10-5-11-21-35)27-25-36-38-29-33(34-19-14-28-50-30-34)24-26-40(38)55(44(36)42)48-52-46(31-15-6-3-7-16-31)51-47(53-48)32-17-8-4-9-18-32/h3-30H,1-2H3. The zero-order valence-electron chi connectivity index (χ0n) is 30.3. The Hall–Kier alpha value is -7.18. The molecule has 0 saturated heterocycles. The van der Waals surface area contributed by atoms with Crippen molar-refractivity contribution in [1.29, 1.82) is 0 Å². The molecule has 1 aliphatic carbocycles. The smallest absolute Gasteiger partial charge is 0.238 e. The van der Waals surface area contributed by atoms with E-state index in [-0.39, 0.29) is 5.41 Å². The summed E-state index contributed by atoms with van der Waals surface area (Å²) in [6.07, 6.45) is 3.74. The number of nitrogens with zero attached hydrogens (tertiary/aromatic N) is 6. The van der Waals surface area contributed by atoms with Gasteiger partial charge in [-0.15, -0.1) is 0 Å². The molecule has 6 aromatic carbocycles. The Bertz CT molecular complexity index is 3030. The van der Waals surface area contributed by atoms with Gasteiger partial charge >= 0.3 is 0 Å². The first-order chi connectivity index (χ1) is 27.1. The maximum atomic E-state index is 5.32. The van der Waals surface area contributed by atoms with Crippen molar-refractivity contribution in [2.75, 3.05) is 0 Å². The summed E-state index contributed by atoms with van der Waals surface area (Å²) in [6, 6.07) is 55.4. The van der Waals surface area contributed by atoms with E-state index in [9.17, 15) is 0 Å². The van der Waals surface area contributed by atoms with Gasteiger partial charge < -0.3 is 4.57 Å². The maximum Gasteiger partial charge on any atom is 0.238 e. The zero-order chi connectivity index (χ0) is 36.7. The molecular weight excluding hydrogens is 673 g/mol. The molecule has 0 spiro atoms. The molecule has 0 atom stereocenters. The summed E-state index contributed by atoms with van der Waals surface area (Å²) in [5.41, 5.74) is 13.2. The summed E-state index contributed by atoms with van der Waals surface area (Å²) in [7, 11) is 0. The highest BCUT2D eigenvalue weighted by molar-refractivity contribution is 6.21. The molecule has 0 aliphatic heterocycles. The van der Waals surface area contributed by atoms with Gasteiger partial charge in [-0.3, -0.25) is 9.55 Å². The number of hydrogen-bond donors (Lipinski definition) is 0. The van der Waals surface area contributed by atoms with E-state index >= 15 is 0 Å². The summed E-state index contributed by atoms with van der Waals surface area (Å²) in [5, 5.41) is 3.45. The molecule has 0 amide bonds. The molecule has 0 bridgehead atoms. The molecule has 6 heteroatoms. The highest BCUT2D eigenvalue weighted by atomic mass is 15.2. The van der Waals surface area contributed by atoms with Crippen molar-refractivity contribution in [2.24, 2.45) is 0 Å².